The molecule has 1 aromatic heterocycles. The van der Waals surface area contributed by atoms with Gasteiger partial charge in [-0.3, -0.25) is 9.36 Å². The molecule has 1 amide bonds. The van der Waals surface area contributed by atoms with E-state index in [4.69, 9.17) is 4.74 Å². The lowest BCUT2D eigenvalue weighted by molar-refractivity contribution is -0.119. The third-order valence-corrected chi connectivity index (χ3v) is 5.64. The van der Waals surface area contributed by atoms with Crippen LogP contribution < -0.4 is 10.1 Å². The first kappa shape index (κ1) is 21.9. The Morgan fingerprint density at radius 1 is 1.13 bits per heavy atom. The Balaban J connectivity index is 1.58. The first-order valence-corrected chi connectivity index (χ1v) is 11.0. The first-order valence-electron chi connectivity index (χ1n) is 10.0. The minimum absolute atomic E-state index is 0.0478. The summed E-state index contributed by atoms with van der Waals surface area (Å²) >= 11 is 1.34. The molecule has 0 radical (unpaired) electrons. The van der Waals surface area contributed by atoms with Gasteiger partial charge in [-0.15, -0.1) is 10.2 Å². The fraction of sp³-hybridized carbons (Fsp3) is 0.348. The summed E-state index contributed by atoms with van der Waals surface area (Å²) in [6, 6.07) is 16.0. The lowest BCUT2D eigenvalue weighted by Gasteiger charge is -2.15. The van der Waals surface area contributed by atoms with Crippen molar-refractivity contribution in [2.24, 2.45) is 5.92 Å². The van der Waals surface area contributed by atoms with E-state index in [0.29, 0.717) is 11.1 Å². The molecule has 0 aliphatic carbocycles. The van der Waals surface area contributed by atoms with Gasteiger partial charge in [-0.1, -0.05) is 62.0 Å². The van der Waals surface area contributed by atoms with Crippen LogP contribution in [0, 0.1) is 5.92 Å². The van der Waals surface area contributed by atoms with E-state index in [-0.39, 0.29) is 17.7 Å². The van der Waals surface area contributed by atoms with Crippen LogP contribution in [0.15, 0.2) is 60.0 Å². The van der Waals surface area contributed by atoms with Crippen molar-refractivity contribution in [1.82, 2.24) is 20.1 Å². The number of ether oxygens (including phenoxy) is 1. The highest BCUT2D eigenvalue weighted by atomic mass is 32.2. The molecule has 7 heteroatoms. The van der Waals surface area contributed by atoms with Crippen LogP contribution in [0.2, 0.25) is 0 Å². The molecular weight excluding hydrogens is 396 g/mol. The molecule has 1 heterocycles. The predicted octanol–water partition coefficient (Wildman–Crippen LogP) is 4.44. The zero-order chi connectivity index (χ0) is 21.5. The zero-order valence-corrected chi connectivity index (χ0v) is 18.6. The molecule has 1 N–H and O–H groups in total. The number of aromatic nitrogens is 3. The maximum absolute atomic E-state index is 12.5. The minimum Gasteiger partial charge on any atom is -0.495 e. The van der Waals surface area contributed by atoms with Gasteiger partial charge >= 0.3 is 0 Å². The number of nitrogens with one attached hydrogen (secondary N) is 1. The standard InChI is InChI=1S/C23H28N4O2S/c1-16(2)13-18-9-11-19(12-10-18)17(3)25-22(28)14-30-23-26-24-15-27(23)20-7-5-6-8-21(20)29-4/h5-12,15-17H,13-14H2,1-4H3,(H,25,28). The van der Waals surface area contributed by atoms with E-state index in [1.54, 1.807) is 13.4 Å². The summed E-state index contributed by atoms with van der Waals surface area (Å²) in [6.45, 7) is 6.42. The Labute approximate surface area is 182 Å². The average Bonchev–Trinajstić information content (AvgIpc) is 3.20. The molecule has 0 saturated carbocycles. The second-order valence-electron chi connectivity index (χ2n) is 7.57. The average molecular weight is 425 g/mol. The molecule has 3 rings (SSSR count). The summed E-state index contributed by atoms with van der Waals surface area (Å²) in [7, 11) is 1.63. The van der Waals surface area contributed by atoms with Gasteiger partial charge in [0.2, 0.25) is 5.91 Å². The number of benzene rings is 2. The predicted molar refractivity (Wildman–Crippen MR) is 120 cm³/mol. The lowest BCUT2D eigenvalue weighted by Crippen LogP contribution is -2.28. The van der Waals surface area contributed by atoms with Crippen molar-refractivity contribution < 1.29 is 9.53 Å². The largest absolute Gasteiger partial charge is 0.495 e. The first-order chi connectivity index (χ1) is 14.5. The summed E-state index contributed by atoms with van der Waals surface area (Å²) in [6.07, 6.45) is 2.68. The maximum atomic E-state index is 12.5. The summed E-state index contributed by atoms with van der Waals surface area (Å²) in [5.41, 5.74) is 3.25. The molecule has 0 spiro atoms. The number of rotatable bonds is 9. The van der Waals surface area contributed by atoms with Gasteiger partial charge in [-0.05, 0) is 42.5 Å². The van der Waals surface area contributed by atoms with E-state index in [0.717, 1.165) is 23.4 Å². The van der Waals surface area contributed by atoms with Gasteiger partial charge in [0.1, 0.15) is 12.1 Å². The van der Waals surface area contributed by atoms with E-state index in [2.05, 4.69) is 53.6 Å². The van der Waals surface area contributed by atoms with Crippen LogP contribution in [0.3, 0.4) is 0 Å². The molecule has 3 aromatic rings. The Morgan fingerprint density at radius 3 is 2.57 bits per heavy atom. The molecule has 1 atom stereocenters. The van der Waals surface area contributed by atoms with Gasteiger partial charge in [0.15, 0.2) is 5.16 Å². The highest BCUT2D eigenvalue weighted by Crippen LogP contribution is 2.26. The van der Waals surface area contributed by atoms with Crippen molar-refractivity contribution in [1.29, 1.82) is 0 Å². The van der Waals surface area contributed by atoms with Crippen molar-refractivity contribution in [3.63, 3.8) is 0 Å². The molecule has 6 nitrogen and oxygen atoms in total. The fourth-order valence-electron chi connectivity index (χ4n) is 3.23. The van der Waals surface area contributed by atoms with E-state index < -0.39 is 0 Å². The molecule has 0 fully saturated rings. The van der Waals surface area contributed by atoms with Crippen LogP contribution in [0.25, 0.3) is 5.69 Å². The number of para-hydroxylation sites is 2. The SMILES string of the molecule is COc1ccccc1-n1cnnc1SCC(=O)NC(C)c1ccc(CC(C)C)cc1. The van der Waals surface area contributed by atoms with Crippen molar-refractivity contribution in [2.75, 3.05) is 12.9 Å². The van der Waals surface area contributed by atoms with E-state index in [9.17, 15) is 4.79 Å². The van der Waals surface area contributed by atoms with Crippen LogP contribution in [-0.4, -0.2) is 33.5 Å². The van der Waals surface area contributed by atoms with Crippen LogP contribution in [0.1, 0.15) is 37.9 Å². The molecule has 0 bridgehead atoms. The van der Waals surface area contributed by atoms with E-state index >= 15 is 0 Å². The molecule has 0 aliphatic heterocycles. The molecule has 2 aromatic carbocycles. The number of hydrogen-bond acceptors (Lipinski definition) is 5. The number of nitrogens with zero attached hydrogens (tertiary/aromatic N) is 3. The Kier molecular flexibility index (Phi) is 7.52. The third kappa shape index (κ3) is 5.63. The Hall–Kier alpha value is -2.80. The zero-order valence-electron chi connectivity index (χ0n) is 17.8. The number of thioether (sulfide) groups is 1. The number of amides is 1. The maximum Gasteiger partial charge on any atom is 0.230 e. The normalized spacial score (nSPS) is 12.0. The van der Waals surface area contributed by atoms with Crippen LogP contribution in [0.4, 0.5) is 0 Å². The lowest BCUT2D eigenvalue weighted by atomic mass is 10.00. The molecule has 1 unspecified atom stereocenters. The van der Waals surface area contributed by atoms with Crippen molar-refractivity contribution in [2.45, 2.75) is 38.4 Å². The summed E-state index contributed by atoms with van der Waals surface area (Å²) in [5, 5.41) is 11.8. The second kappa shape index (κ2) is 10.3. The number of carbonyl (C=O) groups is 1. The van der Waals surface area contributed by atoms with Crippen LogP contribution >= 0.6 is 11.8 Å². The molecule has 0 saturated heterocycles. The molecule has 30 heavy (non-hydrogen) atoms. The van der Waals surface area contributed by atoms with Gasteiger partial charge in [0.05, 0.1) is 24.6 Å². The van der Waals surface area contributed by atoms with E-state index in [1.807, 2.05) is 35.8 Å². The summed E-state index contributed by atoms with van der Waals surface area (Å²) < 4.78 is 7.24. The monoisotopic (exact) mass is 424 g/mol. The van der Waals surface area contributed by atoms with Crippen molar-refractivity contribution >= 4 is 17.7 Å². The number of carbonyl (C=O) groups excluding carboxylic acids is 1. The Bertz CT molecular complexity index is 969. The summed E-state index contributed by atoms with van der Waals surface area (Å²) in [5.74, 6) is 1.55. The van der Waals surface area contributed by atoms with Gasteiger partial charge in [-0.2, -0.15) is 0 Å². The minimum atomic E-state index is -0.0571. The van der Waals surface area contributed by atoms with Gasteiger partial charge in [0.25, 0.3) is 0 Å². The Morgan fingerprint density at radius 2 is 1.87 bits per heavy atom. The van der Waals surface area contributed by atoms with Gasteiger partial charge < -0.3 is 10.1 Å². The molecule has 0 aliphatic rings. The quantitative estimate of drug-likeness (QED) is 0.514. The highest BCUT2D eigenvalue weighted by Gasteiger charge is 2.15. The number of methoxy groups -OCH3 is 1. The fourth-order valence-corrected chi connectivity index (χ4v) is 3.96. The molecular formula is C23H28N4O2S. The number of hydrogen-bond donors (Lipinski definition) is 1. The smallest absolute Gasteiger partial charge is 0.230 e. The van der Waals surface area contributed by atoms with E-state index in [1.165, 1.54) is 17.3 Å². The molecule has 158 valence electrons. The van der Waals surface area contributed by atoms with Crippen molar-refractivity contribution in [3.05, 3.63) is 66.0 Å². The third-order valence-electron chi connectivity index (χ3n) is 4.69. The topological polar surface area (TPSA) is 69.0 Å². The summed E-state index contributed by atoms with van der Waals surface area (Å²) in [4.78, 5) is 12.5. The van der Waals surface area contributed by atoms with Gasteiger partial charge in [0, 0.05) is 0 Å². The van der Waals surface area contributed by atoms with Crippen LogP contribution in [0.5, 0.6) is 5.75 Å². The van der Waals surface area contributed by atoms with Gasteiger partial charge in [-0.25, -0.2) is 0 Å². The second-order valence-corrected chi connectivity index (χ2v) is 8.52. The van der Waals surface area contributed by atoms with Crippen molar-refractivity contribution in [3.8, 4) is 11.4 Å². The highest BCUT2D eigenvalue weighted by molar-refractivity contribution is 7.99. The van der Waals surface area contributed by atoms with Crippen LogP contribution in [-0.2, 0) is 11.2 Å².